The van der Waals surface area contributed by atoms with Crippen molar-refractivity contribution in [1.29, 1.82) is 0 Å². The van der Waals surface area contributed by atoms with Crippen LogP contribution in [-0.4, -0.2) is 13.8 Å². The maximum absolute atomic E-state index is 5.97. The van der Waals surface area contributed by atoms with Crippen molar-refractivity contribution in [2.75, 3.05) is 13.8 Å². The van der Waals surface area contributed by atoms with Gasteiger partial charge in [0.15, 0.2) is 0 Å². The van der Waals surface area contributed by atoms with Gasteiger partial charge in [-0.1, -0.05) is 0 Å². The van der Waals surface area contributed by atoms with E-state index in [1.165, 1.54) is 43.1 Å². The second-order valence-corrected chi connectivity index (χ2v) is 14.4. The molecule has 5 aromatic rings. The molecule has 0 radical (unpaired) electrons. The van der Waals surface area contributed by atoms with Gasteiger partial charge in [-0.3, -0.25) is 0 Å². The molecule has 0 amide bonds. The zero-order valence-corrected chi connectivity index (χ0v) is 21.2. The summed E-state index contributed by atoms with van der Waals surface area (Å²) >= 11 is 0. The van der Waals surface area contributed by atoms with Crippen LogP contribution in [0.15, 0.2) is 115 Å². The molecule has 0 saturated carbocycles. The van der Waals surface area contributed by atoms with Gasteiger partial charge in [0.1, 0.15) is 0 Å². The van der Waals surface area contributed by atoms with Crippen molar-refractivity contribution in [3.05, 3.63) is 126 Å². The Morgan fingerprint density at radius 3 is 1.29 bits per heavy atom. The van der Waals surface area contributed by atoms with E-state index in [-0.39, 0.29) is 0 Å². The number of rotatable bonds is 5. The Morgan fingerprint density at radius 2 is 0.882 bits per heavy atom. The third-order valence-electron chi connectivity index (χ3n) is 7.65. The Balaban J connectivity index is 2.14. The van der Waals surface area contributed by atoms with Gasteiger partial charge in [-0.15, -0.1) is 0 Å². The topological polar surface area (TPSA) is 9.23 Å². The monoisotopic (exact) mass is 462 g/mol. The van der Waals surface area contributed by atoms with Gasteiger partial charge in [0.25, 0.3) is 0 Å². The number of hydrogen-bond acceptors (Lipinski definition) is 1. The summed E-state index contributed by atoms with van der Waals surface area (Å²) in [5.74, 6) is 0.969. The summed E-state index contributed by atoms with van der Waals surface area (Å²) in [4.78, 5) is 0. The molecule has 0 atom stereocenters. The molecule has 0 unspecified atom stereocenters. The van der Waals surface area contributed by atoms with Crippen LogP contribution < -0.4 is 26.0 Å². The van der Waals surface area contributed by atoms with Crippen molar-refractivity contribution in [2.24, 2.45) is 0 Å². The summed E-state index contributed by atoms with van der Waals surface area (Å²) in [5.41, 5.74) is 2.50. The summed E-state index contributed by atoms with van der Waals surface area (Å²) in [6.07, 6.45) is 0. The fourth-order valence-electron chi connectivity index (χ4n) is 5.86. The van der Waals surface area contributed by atoms with E-state index in [9.17, 15) is 0 Å². The summed E-state index contributed by atoms with van der Waals surface area (Å²) in [6.45, 7) is 3.85. The van der Waals surface area contributed by atoms with Crippen LogP contribution >= 0.6 is 6.60 Å². The molecule has 5 aromatic carbocycles. The molecule has 0 spiro atoms. The van der Waals surface area contributed by atoms with E-state index in [0.717, 1.165) is 5.75 Å². The third kappa shape index (κ3) is 2.97. The first-order valence-corrected chi connectivity index (χ1v) is 14.4. The second-order valence-electron chi connectivity index (χ2n) is 9.25. The molecular weight excluding hydrogens is 431 g/mol. The van der Waals surface area contributed by atoms with E-state index < -0.39 is 6.60 Å². The van der Waals surface area contributed by atoms with E-state index in [2.05, 4.69) is 136 Å². The predicted molar refractivity (Wildman–Crippen MR) is 151 cm³/mol. The zero-order chi connectivity index (χ0) is 23.8. The Morgan fingerprint density at radius 1 is 0.500 bits per heavy atom. The Hall–Kier alpha value is -3.41. The van der Waals surface area contributed by atoms with Gasteiger partial charge in [0, 0.05) is 0 Å². The Bertz CT molecular complexity index is 1360. The summed E-state index contributed by atoms with van der Waals surface area (Å²) < 4.78 is 5.97. The van der Waals surface area contributed by atoms with E-state index in [0.29, 0.717) is 0 Å². The SMILES string of the molecule is COc1c(C)c(C)c(P(C)(c2ccccc2)(c2ccccc2)c2ccccc2)c2ccccc12. The average Bonchev–Trinajstić information content (AvgIpc) is 2.91. The van der Waals surface area contributed by atoms with Crippen molar-refractivity contribution in [2.45, 2.75) is 13.8 Å². The summed E-state index contributed by atoms with van der Waals surface area (Å²) in [6, 6.07) is 42.1. The van der Waals surface area contributed by atoms with Crippen LogP contribution in [-0.2, 0) is 0 Å². The van der Waals surface area contributed by atoms with Crippen LogP contribution in [0.2, 0.25) is 0 Å². The van der Waals surface area contributed by atoms with E-state index in [4.69, 9.17) is 4.74 Å². The molecular formula is C32H31OP. The molecule has 0 heterocycles. The van der Waals surface area contributed by atoms with Crippen molar-refractivity contribution in [3.8, 4) is 5.75 Å². The molecule has 0 bridgehead atoms. The van der Waals surface area contributed by atoms with E-state index >= 15 is 0 Å². The molecule has 2 heteroatoms. The molecule has 0 aliphatic carbocycles. The van der Waals surface area contributed by atoms with Crippen LogP contribution in [0.1, 0.15) is 11.1 Å². The molecule has 0 saturated heterocycles. The zero-order valence-electron chi connectivity index (χ0n) is 20.3. The van der Waals surface area contributed by atoms with Crippen molar-refractivity contribution >= 4 is 38.6 Å². The third-order valence-corrected chi connectivity index (χ3v) is 14.1. The number of fused-ring (bicyclic) bond motifs is 1. The quantitative estimate of drug-likeness (QED) is 0.281. The Labute approximate surface area is 203 Å². The molecule has 170 valence electrons. The summed E-state index contributed by atoms with van der Waals surface area (Å²) in [5, 5.41) is 7.94. The van der Waals surface area contributed by atoms with Gasteiger partial charge in [-0.05, 0) is 0 Å². The molecule has 1 nitrogen and oxygen atoms in total. The molecule has 0 aromatic heterocycles. The minimum atomic E-state index is -3.16. The normalized spacial score (nSPS) is 12.8. The van der Waals surface area contributed by atoms with E-state index in [1.807, 2.05) is 0 Å². The van der Waals surface area contributed by atoms with Crippen LogP contribution in [0.3, 0.4) is 0 Å². The molecule has 0 N–H and O–H groups in total. The van der Waals surface area contributed by atoms with Gasteiger partial charge in [-0.2, -0.15) is 0 Å². The summed E-state index contributed by atoms with van der Waals surface area (Å²) in [7, 11) is 1.78. The standard InChI is InChI=1S/C32H31OP/c1-24-25(2)32(30-23-15-14-22-29(30)31(24)33-3)34(4,26-16-8-5-9-17-26,27-18-10-6-11-19-27)28-20-12-7-13-21-28/h5-23H,1-4H3. The second kappa shape index (κ2) is 8.42. The van der Waals surface area contributed by atoms with Gasteiger partial charge in [0.05, 0.1) is 0 Å². The fraction of sp³-hybridized carbons (Fsp3) is 0.125. The first-order chi connectivity index (χ1) is 16.5. The minimum absolute atomic E-state index is 0.969. The van der Waals surface area contributed by atoms with Crippen LogP contribution in [0.5, 0.6) is 5.75 Å². The molecule has 5 rings (SSSR count). The molecule has 0 fully saturated rings. The van der Waals surface area contributed by atoms with Gasteiger partial charge >= 0.3 is 203 Å². The Kier molecular flexibility index (Phi) is 5.54. The maximum atomic E-state index is 5.97. The molecule has 34 heavy (non-hydrogen) atoms. The number of benzene rings is 5. The van der Waals surface area contributed by atoms with Gasteiger partial charge < -0.3 is 0 Å². The molecule has 0 aliphatic rings. The number of hydrogen-bond donors (Lipinski definition) is 0. The van der Waals surface area contributed by atoms with Crippen LogP contribution in [0.25, 0.3) is 10.8 Å². The number of methoxy groups -OCH3 is 1. The van der Waals surface area contributed by atoms with Crippen LogP contribution in [0, 0.1) is 13.8 Å². The van der Waals surface area contributed by atoms with Crippen molar-refractivity contribution in [1.82, 2.24) is 0 Å². The first kappa shape index (κ1) is 22.4. The van der Waals surface area contributed by atoms with Crippen molar-refractivity contribution in [3.63, 3.8) is 0 Å². The predicted octanol–water partition coefficient (Wildman–Crippen LogP) is 6.25. The number of ether oxygens (including phenoxy) is 1. The van der Waals surface area contributed by atoms with Gasteiger partial charge in [-0.25, -0.2) is 0 Å². The average molecular weight is 463 g/mol. The fourth-order valence-corrected chi connectivity index (χ4v) is 12.1. The van der Waals surface area contributed by atoms with Crippen molar-refractivity contribution < 1.29 is 4.74 Å². The first-order valence-electron chi connectivity index (χ1n) is 11.8. The van der Waals surface area contributed by atoms with E-state index in [1.54, 1.807) is 7.11 Å². The van der Waals surface area contributed by atoms with Crippen LogP contribution in [0.4, 0.5) is 0 Å². The molecule has 0 aliphatic heterocycles. The van der Waals surface area contributed by atoms with Gasteiger partial charge in [0.2, 0.25) is 0 Å².